The minimum Gasteiger partial charge on any atom is -0.320 e. The van der Waals surface area contributed by atoms with Crippen molar-refractivity contribution in [3.8, 4) is 0 Å². The Balaban J connectivity index is 5.12. The van der Waals surface area contributed by atoms with E-state index >= 15 is 0 Å². The van der Waals surface area contributed by atoms with Crippen molar-refractivity contribution in [3.63, 3.8) is 0 Å². The highest BCUT2D eigenvalue weighted by Crippen LogP contribution is 2.36. The van der Waals surface area contributed by atoms with Gasteiger partial charge in [-0.1, -0.05) is 73.8 Å². The van der Waals surface area contributed by atoms with Gasteiger partial charge >= 0.3 is 0 Å². The average Bonchev–Trinajstić information content (AvgIpc) is 2.12. The van der Waals surface area contributed by atoms with E-state index in [9.17, 15) is 0 Å². The van der Waals surface area contributed by atoms with Crippen LogP contribution in [-0.2, 0) is 0 Å². The molecule has 5 heteroatoms. The van der Waals surface area contributed by atoms with Gasteiger partial charge in [0.15, 0.2) is 0 Å². The molecule has 0 saturated heterocycles. The first-order valence-electron chi connectivity index (χ1n) is 7.53. The Labute approximate surface area is 132 Å². The van der Waals surface area contributed by atoms with Gasteiger partial charge in [-0.05, 0) is 10.1 Å². The van der Waals surface area contributed by atoms with Crippen LogP contribution in [0.15, 0.2) is 11.8 Å². The number of rotatable bonds is 5. The van der Waals surface area contributed by atoms with E-state index in [1.807, 2.05) is 5.70 Å². The van der Waals surface area contributed by atoms with Crippen molar-refractivity contribution in [2.45, 2.75) is 84.0 Å². The summed E-state index contributed by atoms with van der Waals surface area (Å²) in [5, 5.41) is 0.667. The highest BCUT2D eigenvalue weighted by molar-refractivity contribution is 6.79. The zero-order valence-corrected chi connectivity index (χ0v) is 18.2. The van der Waals surface area contributed by atoms with Gasteiger partial charge in [0.05, 0.1) is 16.4 Å². The molecule has 0 aliphatic heterocycles. The van der Waals surface area contributed by atoms with Crippen molar-refractivity contribution in [1.29, 1.82) is 0 Å². The highest BCUT2D eigenvalue weighted by atomic mass is 28.3. The lowest BCUT2D eigenvalue weighted by Gasteiger charge is -2.44. The van der Waals surface area contributed by atoms with Crippen molar-refractivity contribution in [3.05, 3.63) is 11.8 Å². The van der Waals surface area contributed by atoms with E-state index in [0.717, 1.165) is 0 Å². The van der Waals surface area contributed by atoms with Gasteiger partial charge in [0, 0.05) is 0 Å². The Morgan fingerprint density at radius 2 is 1.10 bits per heavy atom. The third-order valence-electron chi connectivity index (χ3n) is 5.07. The predicted molar refractivity (Wildman–Crippen MR) is 99.3 cm³/mol. The molecule has 0 rings (SSSR count). The van der Waals surface area contributed by atoms with Crippen LogP contribution in [0.25, 0.3) is 0 Å². The summed E-state index contributed by atoms with van der Waals surface area (Å²) < 4.78 is 0. The molecule has 20 heavy (non-hydrogen) atoms. The largest absolute Gasteiger partial charge is 0.320 e. The van der Waals surface area contributed by atoms with Crippen molar-refractivity contribution in [2.75, 3.05) is 0 Å². The predicted octanol–water partition coefficient (Wildman–Crippen LogP) is 4.18. The van der Waals surface area contributed by atoms with Crippen LogP contribution in [0.4, 0.5) is 0 Å². The van der Waals surface area contributed by atoms with E-state index in [1.165, 1.54) is 0 Å². The summed E-state index contributed by atoms with van der Waals surface area (Å²) >= 11 is 0. The van der Waals surface area contributed by atoms with Crippen LogP contribution in [0.1, 0.15) is 41.5 Å². The molecule has 0 unspecified atom stereocenters. The molecule has 3 radical (unpaired) electrons. The molecule has 0 aliphatic carbocycles. The smallest absolute Gasteiger partial charge is 0.126 e. The first kappa shape index (κ1) is 20.3. The molecular weight excluding hydrogens is 292 g/mol. The molecule has 0 bridgehead atoms. The standard InChI is InChI=1S/C15H35N2Si3/c1-14(2,3)19(7,8)16-13(11-12-18)17-20(9,10)15(4,5)6/h11-13,16-17H,1-10H3. The topological polar surface area (TPSA) is 24.1 Å². The van der Waals surface area contributed by atoms with Gasteiger partial charge in [-0.3, -0.25) is 0 Å². The minimum absolute atomic E-state index is 0.245. The van der Waals surface area contributed by atoms with Crippen molar-refractivity contribution < 1.29 is 0 Å². The van der Waals surface area contributed by atoms with E-state index in [0.29, 0.717) is 10.1 Å². The molecule has 2 N–H and O–H groups in total. The highest BCUT2D eigenvalue weighted by Gasteiger charge is 2.40. The molecule has 0 atom stereocenters. The van der Waals surface area contributed by atoms with E-state index in [2.05, 4.69) is 94.0 Å². The fraction of sp³-hybridized carbons (Fsp3) is 0.867. The maximum atomic E-state index is 3.91. The lowest BCUT2D eigenvalue weighted by Crippen LogP contribution is -2.65. The van der Waals surface area contributed by atoms with Gasteiger partial charge in [0.2, 0.25) is 0 Å². The lowest BCUT2D eigenvalue weighted by molar-refractivity contribution is 0.600. The fourth-order valence-corrected chi connectivity index (χ4v) is 4.53. The molecule has 0 aromatic rings. The molecule has 0 aliphatic rings. The molecule has 0 aromatic heterocycles. The lowest BCUT2D eigenvalue weighted by atomic mass is 10.2. The van der Waals surface area contributed by atoms with Gasteiger partial charge in [-0.2, -0.15) is 0 Å². The number of hydrogen-bond donors (Lipinski definition) is 2. The fourth-order valence-electron chi connectivity index (χ4n) is 1.44. The van der Waals surface area contributed by atoms with Gasteiger partial charge < -0.3 is 9.96 Å². The molecule has 0 saturated carbocycles. The van der Waals surface area contributed by atoms with Crippen LogP contribution in [0.3, 0.4) is 0 Å². The van der Waals surface area contributed by atoms with E-state index in [1.54, 1.807) is 0 Å². The number of nitrogens with one attached hydrogen (secondary N) is 2. The van der Waals surface area contributed by atoms with E-state index in [4.69, 9.17) is 0 Å². The molecule has 0 aromatic carbocycles. The Morgan fingerprint density at radius 3 is 1.30 bits per heavy atom. The minimum atomic E-state index is -1.53. The van der Waals surface area contributed by atoms with Crippen molar-refractivity contribution in [2.24, 2.45) is 0 Å². The Kier molecular flexibility index (Phi) is 6.71. The van der Waals surface area contributed by atoms with Crippen LogP contribution in [0, 0.1) is 0 Å². The quantitative estimate of drug-likeness (QED) is 0.584. The van der Waals surface area contributed by atoms with Crippen molar-refractivity contribution >= 4 is 26.7 Å². The average molecular weight is 328 g/mol. The van der Waals surface area contributed by atoms with Crippen LogP contribution in [-0.4, -0.2) is 32.9 Å². The van der Waals surface area contributed by atoms with Crippen LogP contribution in [0.5, 0.6) is 0 Å². The summed E-state index contributed by atoms with van der Waals surface area (Å²) in [7, 11) is 0.431. The summed E-state index contributed by atoms with van der Waals surface area (Å²) in [5.41, 5.74) is 1.96. The Morgan fingerprint density at radius 1 is 0.800 bits per heavy atom. The van der Waals surface area contributed by atoms with Gasteiger partial charge in [0.1, 0.15) is 16.5 Å². The first-order valence-corrected chi connectivity index (χ1v) is 14.1. The maximum absolute atomic E-state index is 3.91. The Bertz CT molecular complexity index is 308. The zero-order chi connectivity index (χ0) is 16.4. The summed E-state index contributed by atoms with van der Waals surface area (Å²) in [6.45, 7) is 23.7. The van der Waals surface area contributed by atoms with Crippen LogP contribution in [0.2, 0.25) is 36.3 Å². The third-order valence-corrected chi connectivity index (χ3v) is 14.8. The van der Waals surface area contributed by atoms with E-state index in [-0.39, 0.29) is 6.17 Å². The molecule has 0 spiro atoms. The second kappa shape index (κ2) is 6.60. The summed E-state index contributed by atoms with van der Waals surface area (Å²) in [5.74, 6) is 0. The Hall–Kier alpha value is 0.311. The molecule has 0 fully saturated rings. The van der Waals surface area contributed by atoms with Crippen molar-refractivity contribution in [1.82, 2.24) is 9.96 Å². The molecule has 0 amide bonds. The molecule has 0 heterocycles. The maximum Gasteiger partial charge on any atom is 0.126 e. The molecule has 2 nitrogen and oxygen atoms in total. The second-order valence-electron chi connectivity index (χ2n) is 8.88. The van der Waals surface area contributed by atoms with Gasteiger partial charge in [-0.25, -0.2) is 0 Å². The number of hydrogen-bond acceptors (Lipinski definition) is 2. The summed E-state index contributed by atoms with van der Waals surface area (Å²) in [6.07, 6.45) is 2.44. The van der Waals surface area contributed by atoms with Crippen LogP contribution < -0.4 is 9.96 Å². The third kappa shape index (κ3) is 5.60. The second-order valence-corrected chi connectivity index (χ2v) is 19.3. The monoisotopic (exact) mass is 327 g/mol. The zero-order valence-electron chi connectivity index (χ0n) is 15.2. The van der Waals surface area contributed by atoms with E-state index < -0.39 is 16.5 Å². The normalized spacial score (nSPS) is 15.4. The molecular formula is C15H35N2Si3. The van der Waals surface area contributed by atoms with Crippen LogP contribution >= 0.6 is 0 Å². The summed E-state index contributed by atoms with van der Waals surface area (Å²) in [6, 6.07) is 0. The van der Waals surface area contributed by atoms with Gasteiger partial charge in [0.25, 0.3) is 0 Å². The molecule has 117 valence electrons. The van der Waals surface area contributed by atoms with Gasteiger partial charge in [-0.15, -0.1) is 5.70 Å². The summed E-state index contributed by atoms with van der Waals surface area (Å²) in [4.78, 5) is 7.81. The first-order chi connectivity index (χ1) is 8.64. The SMILES string of the molecule is CC(C)(C)[Si](C)(C)NC(C=C[Si])N[Si](C)(C)C(C)(C)C.